The molecule has 5 aromatic heterocycles. The predicted molar refractivity (Wildman–Crippen MR) is 375 cm³/mol. The molecule has 1 aliphatic rings. The zero-order chi connectivity index (χ0) is 59.2. The highest BCUT2D eigenvalue weighted by atomic mass is 15.0. The molecule has 0 saturated carbocycles. The Balaban J connectivity index is 0.781. The van der Waals surface area contributed by atoms with Crippen LogP contribution < -0.4 is 0 Å². The number of allylic oxidation sites excluding steroid dienone is 3. The Morgan fingerprint density at radius 1 is 0.267 bits per heavy atom. The lowest BCUT2D eigenvalue weighted by molar-refractivity contribution is 1.04. The van der Waals surface area contributed by atoms with E-state index in [-0.39, 0.29) is 0 Å². The lowest BCUT2D eigenvalue weighted by Crippen LogP contribution is -2.10. The van der Waals surface area contributed by atoms with E-state index in [0.29, 0.717) is 12.2 Å². The van der Waals surface area contributed by atoms with Crippen LogP contribution in [0.1, 0.15) is 29.8 Å². The predicted octanol–water partition coefficient (Wildman–Crippen LogP) is 20.9. The van der Waals surface area contributed by atoms with Crippen molar-refractivity contribution >= 4 is 104 Å². The molecule has 7 nitrogen and oxygen atoms in total. The molecule has 0 radical (unpaired) electrons. The minimum absolute atomic E-state index is 0.598. The Labute approximate surface area is 519 Å². The molecule has 7 heteroatoms. The number of nitrogens with zero attached hydrogens (tertiary/aromatic N) is 7. The van der Waals surface area contributed by atoms with Crippen LogP contribution in [0.3, 0.4) is 0 Å². The van der Waals surface area contributed by atoms with Crippen molar-refractivity contribution in [3.05, 3.63) is 326 Å². The normalized spacial score (nSPS) is 14.2. The van der Waals surface area contributed by atoms with Crippen molar-refractivity contribution in [3.63, 3.8) is 0 Å². The minimum Gasteiger partial charge on any atom is -0.309 e. The highest BCUT2D eigenvalue weighted by Gasteiger charge is 2.21. The first-order chi connectivity index (χ1) is 44.6. The molecule has 1 aliphatic heterocycles. The van der Waals surface area contributed by atoms with Gasteiger partial charge in [0.25, 0.3) is 0 Å². The van der Waals surface area contributed by atoms with Crippen molar-refractivity contribution in [3.8, 4) is 45.3 Å². The van der Waals surface area contributed by atoms with Gasteiger partial charge < -0.3 is 18.3 Å². The Kier molecular flexibility index (Phi) is 11.9. The number of hydrogen-bond acceptors (Lipinski definition) is 3. The second-order valence-electron chi connectivity index (χ2n) is 23.4. The third kappa shape index (κ3) is 8.39. The average molecular weight is 1150 g/mol. The van der Waals surface area contributed by atoms with Crippen LogP contribution in [0.15, 0.2) is 314 Å². The molecule has 18 rings (SSSR count). The summed E-state index contributed by atoms with van der Waals surface area (Å²) in [6.07, 6.45) is 5.96. The number of aromatic nitrogens is 6. The maximum absolute atomic E-state index is 5.75. The van der Waals surface area contributed by atoms with E-state index >= 15 is 0 Å². The molecule has 90 heavy (non-hydrogen) atoms. The molecule has 0 N–H and O–H groups in total. The number of fused-ring (bicyclic) bond motifs is 12. The van der Waals surface area contributed by atoms with E-state index < -0.39 is 0 Å². The van der Waals surface area contributed by atoms with E-state index in [2.05, 4.69) is 328 Å². The number of benzene rings is 12. The van der Waals surface area contributed by atoms with Crippen LogP contribution in [0, 0.1) is 0 Å². The van der Waals surface area contributed by atoms with E-state index in [1.54, 1.807) is 0 Å². The zero-order valence-corrected chi connectivity index (χ0v) is 49.0. The maximum atomic E-state index is 5.75. The average Bonchev–Trinajstić information content (AvgIpc) is 1.77. The van der Waals surface area contributed by atoms with Gasteiger partial charge in [0, 0.05) is 82.5 Å². The third-order valence-electron chi connectivity index (χ3n) is 18.3. The van der Waals surface area contributed by atoms with E-state index in [4.69, 9.17) is 15.0 Å². The van der Waals surface area contributed by atoms with Crippen molar-refractivity contribution in [2.24, 2.45) is 4.99 Å². The monoisotopic (exact) mass is 1150 g/mol. The molecular weight excluding hydrogens is 1090 g/mol. The fraction of sp³-hybridized carbons (Fsp3) is 0.0241. The summed E-state index contributed by atoms with van der Waals surface area (Å²) < 4.78 is 9.46. The quantitative estimate of drug-likeness (QED) is 0.145. The topological polar surface area (TPSA) is 57.9 Å². The van der Waals surface area contributed by atoms with E-state index in [1.165, 1.54) is 87.2 Å². The number of rotatable bonds is 9. The van der Waals surface area contributed by atoms with Crippen molar-refractivity contribution in [1.82, 2.24) is 28.2 Å². The van der Waals surface area contributed by atoms with Gasteiger partial charge in [-0.25, -0.2) is 15.0 Å². The van der Waals surface area contributed by atoms with Crippen molar-refractivity contribution in [2.45, 2.75) is 12.8 Å². The molecule has 0 amide bonds. The van der Waals surface area contributed by atoms with Gasteiger partial charge in [-0.1, -0.05) is 200 Å². The van der Waals surface area contributed by atoms with E-state index in [9.17, 15) is 0 Å². The van der Waals surface area contributed by atoms with Crippen molar-refractivity contribution < 1.29 is 0 Å². The lowest BCUT2D eigenvalue weighted by Gasteiger charge is -2.16. The van der Waals surface area contributed by atoms with Gasteiger partial charge in [0.2, 0.25) is 0 Å². The fourth-order valence-corrected chi connectivity index (χ4v) is 14.1. The SMILES string of the molecule is C1=C(/c2ccc(-n3c4ccccc4c4ccccc43)cc2)N=C(c2nc(-c3ccc(-n4c5ccccc5c5ccccc54)cc3)cc(-c3ccc(-n4c5ccccc5c5ccccc54)cc3)n2)CC\C=C/1c1ccc(-n2c3ccccc3c3ccccc32)cc1. The van der Waals surface area contributed by atoms with Gasteiger partial charge in [-0.05, 0) is 133 Å². The Bertz CT molecular complexity index is 5420. The summed E-state index contributed by atoms with van der Waals surface area (Å²) in [5.74, 6) is 0.598. The van der Waals surface area contributed by atoms with Crippen LogP contribution in [0.25, 0.3) is 144 Å². The molecular formula is C83H55N7. The Hall–Kier alpha value is -11.9. The first kappa shape index (κ1) is 51.3. The fourth-order valence-electron chi connectivity index (χ4n) is 14.1. The summed E-state index contributed by atoms with van der Waals surface area (Å²) in [6, 6.07) is 107. The molecule has 0 bridgehead atoms. The number of aliphatic imine (C=N–C) groups is 1. The van der Waals surface area contributed by atoms with Crippen molar-refractivity contribution in [2.75, 3.05) is 0 Å². The summed E-state index contributed by atoms with van der Waals surface area (Å²) in [6.45, 7) is 0. The molecule has 17 aromatic rings. The van der Waals surface area contributed by atoms with Crippen LogP contribution in [-0.2, 0) is 0 Å². The van der Waals surface area contributed by atoms with E-state index in [1.807, 2.05) is 0 Å². The van der Waals surface area contributed by atoms with Crippen LogP contribution in [0.4, 0.5) is 0 Å². The van der Waals surface area contributed by atoms with Gasteiger partial charge in [0.1, 0.15) is 0 Å². The summed E-state index contributed by atoms with van der Waals surface area (Å²) in [5, 5.41) is 9.87. The molecule has 0 unspecified atom stereocenters. The van der Waals surface area contributed by atoms with Crippen molar-refractivity contribution in [1.29, 1.82) is 0 Å². The maximum Gasteiger partial charge on any atom is 0.175 e. The Morgan fingerprint density at radius 2 is 0.533 bits per heavy atom. The van der Waals surface area contributed by atoms with Gasteiger partial charge in [-0.2, -0.15) is 0 Å². The van der Waals surface area contributed by atoms with Gasteiger partial charge in [0.05, 0.1) is 66.9 Å². The van der Waals surface area contributed by atoms with Gasteiger partial charge in [0.15, 0.2) is 5.82 Å². The lowest BCUT2D eigenvalue weighted by atomic mass is 9.98. The summed E-state index contributed by atoms with van der Waals surface area (Å²) in [5.41, 5.74) is 22.2. The summed E-state index contributed by atoms with van der Waals surface area (Å²) >= 11 is 0. The molecule has 0 saturated heterocycles. The molecule has 0 fully saturated rings. The standard InChI is InChI=1S/C83H55N7/c1-9-28-75-63(19-1)64-20-2-10-29-76(64)87(75)59-44-36-54(37-45-59)58-18-17-27-71(84-72(52-58)55-38-46-60(47-39-55)88-77-30-11-3-21-65(77)66-22-4-12-31-78(66)88)83-85-73(56-40-48-61(49-41-56)89-79-32-13-5-23-67(79)68-24-6-14-33-80(68)89)53-74(86-83)57-42-50-62(51-43-57)90-81-34-15-7-25-69(81)70-26-8-16-35-82(70)90/h1-16,18-26,28-53H,17,27H2/b58-18+,72-52-,84-71?. The minimum atomic E-state index is 0.598. The van der Waals surface area contributed by atoms with Crippen LogP contribution in [-0.4, -0.2) is 33.9 Å². The molecule has 12 aromatic carbocycles. The van der Waals surface area contributed by atoms with Crippen LogP contribution in [0.2, 0.25) is 0 Å². The highest BCUT2D eigenvalue weighted by molar-refractivity contribution is 6.12. The van der Waals surface area contributed by atoms with Gasteiger partial charge in [-0.3, -0.25) is 0 Å². The largest absolute Gasteiger partial charge is 0.309 e. The molecule has 0 aliphatic carbocycles. The zero-order valence-electron chi connectivity index (χ0n) is 49.0. The molecule has 6 heterocycles. The number of hydrogen-bond donors (Lipinski definition) is 0. The first-order valence-electron chi connectivity index (χ1n) is 30.9. The summed E-state index contributed by atoms with van der Waals surface area (Å²) in [4.78, 5) is 16.8. The molecule has 0 spiro atoms. The highest BCUT2D eigenvalue weighted by Crippen LogP contribution is 2.39. The second kappa shape index (κ2) is 20.9. The van der Waals surface area contributed by atoms with E-state index in [0.717, 1.165) is 79.8 Å². The second-order valence-corrected chi connectivity index (χ2v) is 23.4. The molecule has 422 valence electrons. The van der Waals surface area contributed by atoms with Crippen LogP contribution >= 0.6 is 0 Å². The van der Waals surface area contributed by atoms with Gasteiger partial charge in [-0.15, -0.1) is 0 Å². The number of para-hydroxylation sites is 8. The Morgan fingerprint density at radius 3 is 0.833 bits per heavy atom. The van der Waals surface area contributed by atoms with Crippen LogP contribution in [0.5, 0.6) is 0 Å². The molecule has 0 atom stereocenters. The smallest absolute Gasteiger partial charge is 0.175 e. The summed E-state index contributed by atoms with van der Waals surface area (Å²) in [7, 11) is 0. The first-order valence-corrected chi connectivity index (χ1v) is 30.9. The van der Waals surface area contributed by atoms with Gasteiger partial charge >= 0.3 is 0 Å². The third-order valence-corrected chi connectivity index (χ3v) is 18.3.